The molecule has 114 valence electrons. The van der Waals surface area contributed by atoms with Crippen molar-refractivity contribution in [2.24, 2.45) is 7.05 Å². The van der Waals surface area contributed by atoms with Crippen LogP contribution in [-0.4, -0.2) is 24.7 Å². The van der Waals surface area contributed by atoms with Crippen LogP contribution in [0.15, 0.2) is 29.3 Å². The second-order valence-electron chi connectivity index (χ2n) is 4.44. The van der Waals surface area contributed by atoms with Crippen molar-refractivity contribution in [1.82, 2.24) is 14.5 Å². The van der Waals surface area contributed by atoms with Crippen molar-refractivity contribution in [1.29, 1.82) is 0 Å². The number of sulfonamides is 1. The number of nitrogens with two attached hydrogens (primary N) is 1. The van der Waals surface area contributed by atoms with Crippen LogP contribution in [0.3, 0.4) is 0 Å². The van der Waals surface area contributed by atoms with Gasteiger partial charge in [-0.05, 0) is 18.2 Å². The van der Waals surface area contributed by atoms with Crippen molar-refractivity contribution < 1.29 is 12.8 Å². The predicted molar refractivity (Wildman–Crippen MR) is 77.9 cm³/mol. The first-order valence-corrected chi connectivity index (χ1v) is 7.88. The fraction of sp³-hybridized carbons (Fsp3) is 0.250. The lowest BCUT2D eigenvalue weighted by molar-refractivity contribution is 0.557. The highest BCUT2D eigenvalue weighted by Gasteiger charge is 2.21. The summed E-state index contributed by atoms with van der Waals surface area (Å²) in [5, 5.41) is 3.78. The van der Waals surface area contributed by atoms with Crippen LogP contribution in [0.25, 0.3) is 0 Å². The zero-order valence-corrected chi connectivity index (χ0v) is 12.7. The summed E-state index contributed by atoms with van der Waals surface area (Å²) in [6, 6.07) is 3.96. The summed E-state index contributed by atoms with van der Waals surface area (Å²) in [4.78, 5) is -0.562. The molecule has 6 nitrogen and oxygen atoms in total. The molecule has 2 rings (SSSR count). The molecule has 0 aliphatic rings. The minimum atomic E-state index is -4.02. The molecule has 1 heterocycles. The van der Waals surface area contributed by atoms with Crippen molar-refractivity contribution in [2.45, 2.75) is 11.3 Å². The third kappa shape index (κ3) is 3.72. The first kappa shape index (κ1) is 15.7. The Balaban J connectivity index is 2.12. The van der Waals surface area contributed by atoms with E-state index in [9.17, 15) is 12.8 Å². The van der Waals surface area contributed by atoms with Gasteiger partial charge in [-0.25, -0.2) is 17.5 Å². The van der Waals surface area contributed by atoms with Crippen LogP contribution in [0.1, 0.15) is 5.69 Å². The van der Waals surface area contributed by atoms with Gasteiger partial charge in [-0.15, -0.1) is 0 Å². The van der Waals surface area contributed by atoms with Crippen LogP contribution in [0.4, 0.5) is 10.1 Å². The van der Waals surface area contributed by atoms with E-state index in [2.05, 4.69) is 9.82 Å². The summed E-state index contributed by atoms with van der Waals surface area (Å²) in [5.74, 6) is -1.02. The highest BCUT2D eigenvalue weighted by molar-refractivity contribution is 7.89. The number of hydrogen-bond acceptors (Lipinski definition) is 4. The minimum Gasteiger partial charge on any atom is -0.399 e. The fourth-order valence-corrected chi connectivity index (χ4v) is 3.21. The average Bonchev–Trinajstić information content (AvgIpc) is 2.79. The zero-order chi connectivity index (χ0) is 15.6. The molecule has 1 aromatic heterocycles. The molecular formula is C12H14ClFN4O2S. The smallest absolute Gasteiger partial charge is 0.243 e. The number of benzene rings is 1. The topological polar surface area (TPSA) is 90.0 Å². The number of aromatic nitrogens is 2. The van der Waals surface area contributed by atoms with Crippen LogP contribution in [0.5, 0.6) is 0 Å². The summed E-state index contributed by atoms with van der Waals surface area (Å²) in [6.45, 7) is 0.0885. The van der Waals surface area contributed by atoms with Gasteiger partial charge in [0.25, 0.3) is 0 Å². The molecule has 0 fully saturated rings. The maximum absolute atomic E-state index is 13.8. The van der Waals surface area contributed by atoms with Gasteiger partial charge in [0.15, 0.2) is 5.82 Å². The average molecular weight is 333 g/mol. The lowest BCUT2D eigenvalue weighted by Crippen LogP contribution is -2.27. The van der Waals surface area contributed by atoms with E-state index in [-0.39, 0.29) is 17.3 Å². The molecule has 0 aliphatic heterocycles. The normalized spacial score (nSPS) is 11.8. The van der Waals surface area contributed by atoms with E-state index >= 15 is 0 Å². The molecule has 3 N–H and O–H groups in total. The van der Waals surface area contributed by atoms with Crippen molar-refractivity contribution in [3.8, 4) is 0 Å². The molecule has 0 unspecified atom stereocenters. The highest BCUT2D eigenvalue weighted by Crippen LogP contribution is 2.25. The predicted octanol–water partition coefficient (Wildman–Crippen LogP) is 1.32. The maximum Gasteiger partial charge on any atom is 0.243 e. The molecule has 0 aliphatic carbocycles. The number of rotatable bonds is 5. The van der Waals surface area contributed by atoms with Gasteiger partial charge in [0, 0.05) is 31.9 Å². The molecule has 0 bridgehead atoms. The molecule has 0 saturated carbocycles. The number of hydrogen-bond donors (Lipinski definition) is 2. The Morgan fingerprint density at radius 2 is 2.19 bits per heavy atom. The molecule has 1 aromatic carbocycles. The third-order valence-corrected chi connectivity index (χ3v) is 4.48. The summed E-state index contributed by atoms with van der Waals surface area (Å²) in [5.41, 5.74) is 6.29. The number of anilines is 1. The summed E-state index contributed by atoms with van der Waals surface area (Å²) >= 11 is 5.60. The van der Waals surface area contributed by atoms with Crippen molar-refractivity contribution in [2.75, 3.05) is 12.3 Å². The lowest BCUT2D eigenvalue weighted by Gasteiger charge is -2.09. The van der Waals surface area contributed by atoms with Gasteiger partial charge in [-0.1, -0.05) is 11.6 Å². The van der Waals surface area contributed by atoms with Crippen LogP contribution in [0, 0.1) is 5.82 Å². The van der Waals surface area contributed by atoms with Crippen LogP contribution in [0.2, 0.25) is 5.02 Å². The monoisotopic (exact) mass is 332 g/mol. The largest absolute Gasteiger partial charge is 0.399 e. The number of nitrogen functional groups attached to an aromatic ring is 1. The lowest BCUT2D eigenvalue weighted by atomic mass is 10.3. The zero-order valence-electron chi connectivity index (χ0n) is 11.2. The van der Waals surface area contributed by atoms with E-state index in [1.54, 1.807) is 24.0 Å². The van der Waals surface area contributed by atoms with E-state index in [0.29, 0.717) is 6.42 Å². The molecule has 21 heavy (non-hydrogen) atoms. The van der Waals surface area contributed by atoms with Crippen LogP contribution in [-0.2, 0) is 23.5 Å². The van der Waals surface area contributed by atoms with Gasteiger partial charge in [-0.3, -0.25) is 4.68 Å². The summed E-state index contributed by atoms with van der Waals surface area (Å²) in [7, 11) is -2.26. The highest BCUT2D eigenvalue weighted by atomic mass is 35.5. The van der Waals surface area contributed by atoms with Gasteiger partial charge >= 0.3 is 0 Å². The third-order valence-electron chi connectivity index (χ3n) is 2.75. The number of nitrogens with zero attached hydrogens (tertiary/aromatic N) is 2. The first-order chi connectivity index (χ1) is 9.79. The molecule has 0 amide bonds. The molecule has 0 atom stereocenters. The molecule has 0 saturated heterocycles. The Morgan fingerprint density at radius 3 is 2.81 bits per heavy atom. The fourth-order valence-electron chi connectivity index (χ4n) is 1.77. The van der Waals surface area contributed by atoms with Gasteiger partial charge in [-0.2, -0.15) is 5.10 Å². The Hall–Kier alpha value is -1.64. The van der Waals surface area contributed by atoms with Gasteiger partial charge in [0.05, 0.1) is 10.7 Å². The van der Waals surface area contributed by atoms with Gasteiger partial charge < -0.3 is 5.73 Å². The second kappa shape index (κ2) is 6.00. The van der Waals surface area contributed by atoms with Gasteiger partial charge in [0.1, 0.15) is 4.90 Å². The van der Waals surface area contributed by atoms with E-state index in [1.165, 1.54) is 0 Å². The summed E-state index contributed by atoms with van der Waals surface area (Å²) in [6.07, 6.45) is 2.14. The van der Waals surface area contributed by atoms with Crippen molar-refractivity contribution >= 4 is 27.3 Å². The maximum atomic E-state index is 13.8. The quantitative estimate of drug-likeness (QED) is 0.808. The van der Waals surface area contributed by atoms with Crippen molar-refractivity contribution in [3.63, 3.8) is 0 Å². The van der Waals surface area contributed by atoms with E-state index in [0.717, 1.165) is 17.8 Å². The molecule has 9 heteroatoms. The Labute approximate surface area is 126 Å². The number of aryl methyl sites for hydroxylation is 1. The van der Waals surface area contributed by atoms with E-state index < -0.39 is 20.7 Å². The number of halogens is 2. The second-order valence-corrected chi connectivity index (χ2v) is 6.59. The standard InChI is InChI=1S/C12H14ClFN4O2S/c1-18-5-3-9(17-18)2-4-16-21(19,20)11-7-8(15)6-10(13)12(11)14/h3,5-7,16H,2,4,15H2,1H3. The van der Waals surface area contributed by atoms with Crippen LogP contribution < -0.4 is 10.5 Å². The Kier molecular flexibility index (Phi) is 4.50. The molecular weight excluding hydrogens is 319 g/mol. The molecule has 0 spiro atoms. The molecule has 0 radical (unpaired) electrons. The van der Waals surface area contributed by atoms with Gasteiger partial charge in [0.2, 0.25) is 10.0 Å². The van der Waals surface area contributed by atoms with Crippen molar-refractivity contribution in [3.05, 3.63) is 40.9 Å². The van der Waals surface area contributed by atoms with E-state index in [1.807, 2.05) is 0 Å². The number of nitrogens with one attached hydrogen (secondary N) is 1. The summed E-state index contributed by atoms with van der Waals surface area (Å²) < 4.78 is 41.8. The SMILES string of the molecule is Cn1ccc(CCNS(=O)(=O)c2cc(N)cc(Cl)c2F)n1. The Morgan fingerprint density at radius 1 is 1.48 bits per heavy atom. The minimum absolute atomic E-state index is 0.0755. The van der Waals surface area contributed by atoms with Crippen LogP contribution >= 0.6 is 11.6 Å². The van der Waals surface area contributed by atoms with E-state index in [4.69, 9.17) is 17.3 Å². The Bertz CT molecular complexity index is 761. The molecule has 2 aromatic rings. The first-order valence-electron chi connectivity index (χ1n) is 6.02.